The van der Waals surface area contributed by atoms with E-state index < -0.39 is 5.82 Å². The normalized spacial score (nSPS) is 20.6. The highest BCUT2D eigenvalue weighted by Crippen LogP contribution is 2.33. The number of carbonyl (C=O) groups is 1. The Morgan fingerprint density at radius 2 is 2.06 bits per heavy atom. The first-order valence-corrected chi connectivity index (χ1v) is 10.7. The third-order valence-electron chi connectivity index (χ3n) is 6.22. The predicted octanol–water partition coefficient (Wildman–Crippen LogP) is 2.75. The van der Waals surface area contributed by atoms with Crippen molar-refractivity contribution in [3.05, 3.63) is 59.7 Å². The predicted molar refractivity (Wildman–Crippen MR) is 113 cm³/mol. The summed E-state index contributed by atoms with van der Waals surface area (Å²) < 4.78 is 17.3. The van der Waals surface area contributed by atoms with Crippen LogP contribution in [0.2, 0.25) is 0 Å². The molecule has 1 amide bonds. The fraction of sp³-hybridized carbons (Fsp3) is 0.455. The van der Waals surface area contributed by atoms with Gasteiger partial charge in [-0.25, -0.2) is 4.39 Å². The molecule has 2 unspecified atom stereocenters. The van der Waals surface area contributed by atoms with Crippen LogP contribution in [0.15, 0.2) is 36.7 Å². The van der Waals surface area contributed by atoms with Crippen molar-refractivity contribution in [2.75, 3.05) is 18.4 Å². The molecule has 0 aliphatic carbocycles. The minimum Gasteiger partial charge on any atom is -0.319 e. The van der Waals surface area contributed by atoms with E-state index in [0.29, 0.717) is 23.6 Å². The molecule has 0 bridgehead atoms. The summed E-state index contributed by atoms with van der Waals surface area (Å²) in [5, 5.41) is 15.6. The lowest BCUT2D eigenvalue weighted by atomic mass is 9.89. The topological polar surface area (TPSA) is 80.9 Å². The molecule has 162 valence electrons. The Balaban J connectivity index is 1.26. The number of nitrogens with one attached hydrogen (secondary N) is 1. The molecule has 3 aromatic rings. The zero-order valence-electron chi connectivity index (χ0n) is 17.7. The van der Waals surface area contributed by atoms with Gasteiger partial charge in [0.1, 0.15) is 11.6 Å². The van der Waals surface area contributed by atoms with E-state index in [0.717, 1.165) is 38.4 Å². The molecule has 0 saturated carbocycles. The third kappa shape index (κ3) is 3.97. The number of likely N-dealkylation sites (tertiary alicyclic amines) is 1. The van der Waals surface area contributed by atoms with Crippen LogP contribution in [0.1, 0.15) is 41.9 Å². The fourth-order valence-corrected chi connectivity index (χ4v) is 4.67. The highest BCUT2D eigenvalue weighted by atomic mass is 19.1. The molecule has 1 aromatic carbocycles. The van der Waals surface area contributed by atoms with E-state index in [-0.39, 0.29) is 11.7 Å². The van der Waals surface area contributed by atoms with Gasteiger partial charge in [0.25, 0.3) is 5.91 Å². The van der Waals surface area contributed by atoms with E-state index in [1.54, 1.807) is 12.1 Å². The summed E-state index contributed by atoms with van der Waals surface area (Å²) in [4.78, 5) is 15.2. The zero-order chi connectivity index (χ0) is 21.5. The van der Waals surface area contributed by atoms with Gasteiger partial charge in [0.15, 0.2) is 0 Å². The molecule has 0 radical (unpaired) electrons. The van der Waals surface area contributed by atoms with Gasteiger partial charge in [0, 0.05) is 56.1 Å². The van der Waals surface area contributed by atoms with Crippen molar-refractivity contribution in [3.63, 3.8) is 0 Å². The Morgan fingerprint density at radius 1 is 1.23 bits per heavy atom. The second-order valence-corrected chi connectivity index (χ2v) is 8.86. The summed E-state index contributed by atoms with van der Waals surface area (Å²) in [5.74, 6) is 1.34. The van der Waals surface area contributed by atoms with Gasteiger partial charge in [-0.2, -0.15) is 5.10 Å². The summed E-state index contributed by atoms with van der Waals surface area (Å²) in [5.41, 5.74) is 1.63. The smallest absolute Gasteiger partial charge is 0.293 e. The molecule has 0 spiro atoms. The van der Waals surface area contributed by atoms with Crippen LogP contribution in [-0.2, 0) is 19.5 Å². The highest BCUT2D eigenvalue weighted by molar-refractivity contribution is 6.01. The van der Waals surface area contributed by atoms with Gasteiger partial charge in [0.2, 0.25) is 5.82 Å². The van der Waals surface area contributed by atoms with E-state index in [4.69, 9.17) is 0 Å². The van der Waals surface area contributed by atoms with Crippen molar-refractivity contribution in [1.82, 2.24) is 29.4 Å². The van der Waals surface area contributed by atoms with Gasteiger partial charge >= 0.3 is 0 Å². The number of fused-ring (bicyclic) bond motifs is 2. The number of carbonyl (C=O) groups excluding carboxylic acids is 1. The molecule has 31 heavy (non-hydrogen) atoms. The molecule has 1 N–H and O–H groups in total. The van der Waals surface area contributed by atoms with E-state index in [9.17, 15) is 9.18 Å². The van der Waals surface area contributed by atoms with E-state index in [1.807, 2.05) is 15.4 Å². The second kappa shape index (κ2) is 7.88. The van der Waals surface area contributed by atoms with E-state index in [1.165, 1.54) is 17.7 Å². The lowest BCUT2D eigenvalue weighted by Crippen LogP contribution is -2.31. The maximum atomic E-state index is 13.4. The number of rotatable bonds is 5. The Bertz CT molecular complexity index is 1100. The number of benzene rings is 1. The highest BCUT2D eigenvalue weighted by Gasteiger charge is 2.39. The van der Waals surface area contributed by atoms with Crippen molar-refractivity contribution in [2.45, 2.75) is 39.4 Å². The first-order valence-electron chi connectivity index (χ1n) is 10.7. The lowest BCUT2D eigenvalue weighted by molar-refractivity contribution is 0.100. The van der Waals surface area contributed by atoms with Gasteiger partial charge in [-0.05, 0) is 43.9 Å². The molecule has 9 heteroatoms. The van der Waals surface area contributed by atoms with Crippen molar-refractivity contribution < 1.29 is 9.18 Å². The number of aromatic nitrogens is 5. The standard InChI is InChI=1S/C22H26FN7O/c1-14(2)30-10-15(8-24-30)9-28-11-16-6-20-26-27-21(29(20)13-17(16)12-28)22(31)25-19-5-3-4-18(23)7-19/h3-5,7-8,10,14,16-17H,6,9,11-13H2,1-2H3,(H,25,31). The molecule has 5 rings (SSSR count). The Labute approximate surface area is 180 Å². The number of anilines is 1. The van der Waals surface area contributed by atoms with Gasteiger partial charge in [-0.15, -0.1) is 10.2 Å². The fourth-order valence-electron chi connectivity index (χ4n) is 4.67. The Morgan fingerprint density at radius 3 is 2.84 bits per heavy atom. The van der Waals surface area contributed by atoms with Crippen LogP contribution in [-0.4, -0.2) is 48.4 Å². The molecule has 2 aromatic heterocycles. The number of nitrogens with zero attached hydrogens (tertiary/aromatic N) is 6. The molecule has 8 nitrogen and oxygen atoms in total. The summed E-state index contributed by atoms with van der Waals surface area (Å²) in [6.07, 6.45) is 4.88. The second-order valence-electron chi connectivity index (χ2n) is 8.86. The maximum absolute atomic E-state index is 13.4. The summed E-state index contributed by atoms with van der Waals surface area (Å²) in [6.45, 7) is 7.83. The molecule has 4 heterocycles. The number of halogens is 1. The van der Waals surface area contributed by atoms with Crippen molar-refractivity contribution in [1.29, 1.82) is 0 Å². The first kappa shape index (κ1) is 19.9. The number of hydrogen-bond acceptors (Lipinski definition) is 5. The Kier molecular flexibility index (Phi) is 5.05. The lowest BCUT2D eigenvalue weighted by Gasteiger charge is -2.25. The first-order chi connectivity index (χ1) is 15.0. The third-order valence-corrected chi connectivity index (χ3v) is 6.22. The van der Waals surface area contributed by atoms with Crippen LogP contribution in [0.3, 0.4) is 0 Å². The van der Waals surface area contributed by atoms with Crippen molar-refractivity contribution >= 4 is 11.6 Å². The van der Waals surface area contributed by atoms with Gasteiger partial charge < -0.3 is 9.88 Å². The van der Waals surface area contributed by atoms with Crippen molar-refractivity contribution in [2.24, 2.45) is 11.8 Å². The SMILES string of the molecule is CC(C)n1cc(CN2CC3Cc4nnc(C(=O)Nc5cccc(F)c5)n4CC3C2)cn1. The van der Waals surface area contributed by atoms with E-state index in [2.05, 4.69) is 45.6 Å². The summed E-state index contributed by atoms with van der Waals surface area (Å²) in [6, 6.07) is 6.20. The van der Waals surface area contributed by atoms with Crippen LogP contribution in [0.4, 0.5) is 10.1 Å². The van der Waals surface area contributed by atoms with E-state index >= 15 is 0 Å². The van der Waals surface area contributed by atoms with Crippen molar-refractivity contribution in [3.8, 4) is 0 Å². The average molecular weight is 423 g/mol. The summed E-state index contributed by atoms with van der Waals surface area (Å²) in [7, 11) is 0. The molecule has 2 atom stereocenters. The zero-order valence-corrected chi connectivity index (χ0v) is 17.7. The van der Waals surface area contributed by atoms with Crippen LogP contribution >= 0.6 is 0 Å². The number of hydrogen-bond donors (Lipinski definition) is 1. The van der Waals surface area contributed by atoms with Crippen LogP contribution in [0, 0.1) is 17.7 Å². The Hall–Kier alpha value is -3.07. The molecular formula is C22H26FN7O. The average Bonchev–Trinajstić information content (AvgIpc) is 3.43. The molecule has 1 saturated heterocycles. The molecular weight excluding hydrogens is 397 g/mol. The van der Waals surface area contributed by atoms with Gasteiger partial charge in [-0.3, -0.25) is 14.4 Å². The number of amides is 1. The monoisotopic (exact) mass is 423 g/mol. The maximum Gasteiger partial charge on any atom is 0.293 e. The van der Waals surface area contributed by atoms with Crippen LogP contribution < -0.4 is 5.32 Å². The minimum absolute atomic E-state index is 0.286. The van der Waals surface area contributed by atoms with Crippen LogP contribution in [0.25, 0.3) is 0 Å². The van der Waals surface area contributed by atoms with Crippen LogP contribution in [0.5, 0.6) is 0 Å². The molecule has 2 aliphatic heterocycles. The largest absolute Gasteiger partial charge is 0.319 e. The quantitative estimate of drug-likeness (QED) is 0.683. The minimum atomic E-state index is -0.395. The molecule has 1 fully saturated rings. The van der Waals surface area contributed by atoms with Gasteiger partial charge in [-0.1, -0.05) is 6.07 Å². The molecule has 2 aliphatic rings. The van der Waals surface area contributed by atoms with Gasteiger partial charge in [0.05, 0.1) is 6.20 Å². The summed E-state index contributed by atoms with van der Waals surface area (Å²) >= 11 is 0.